The lowest BCUT2D eigenvalue weighted by atomic mass is 10.1. The Balaban J connectivity index is 3.03. The Labute approximate surface area is 112 Å². The molecule has 1 atom stereocenters. The van der Waals surface area contributed by atoms with Gasteiger partial charge in [0.05, 0.1) is 26.4 Å². The molecule has 4 heteroatoms. The molecule has 1 unspecified atom stereocenters. The molecule has 0 fully saturated rings. The predicted octanol–water partition coefficient (Wildman–Crippen LogP) is 2.24. The van der Waals surface area contributed by atoms with E-state index in [0.717, 1.165) is 25.9 Å². The molecule has 0 saturated heterocycles. The van der Waals surface area contributed by atoms with Crippen molar-refractivity contribution in [1.29, 1.82) is 0 Å². The van der Waals surface area contributed by atoms with Crippen LogP contribution in [0.2, 0.25) is 0 Å². The molecule has 0 aliphatic carbocycles. The number of rotatable bonds is 14. The van der Waals surface area contributed by atoms with Gasteiger partial charge in [-0.15, -0.1) is 0 Å². The lowest BCUT2D eigenvalue weighted by Crippen LogP contribution is -2.12. The zero-order valence-corrected chi connectivity index (χ0v) is 12.0. The van der Waals surface area contributed by atoms with E-state index in [1.807, 2.05) is 0 Å². The first kappa shape index (κ1) is 17.8. The summed E-state index contributed by atoms with van der Waals surface area (Å²) in [5.41, 5.74) is 0. The van der Waals surface area contributed by atoms with Crippen molar-refractivity contribution >= 4 is 0 Å². The summed E-state index contributed by atoms with van der Waals surface area (Å²) in [7, 11) is 0. The molecule has 0 radical (unpaired) electrons. The topological polar surface area (TPSA) is 47.9 Å². The third kappa shape index (κ3) is 12.3. The van der Waals surface area contributed by atoms with E-state index >= 15 is 0 Å². The van der Waals surface area contributed by atoms with Gasteiger partial charge in [-0.2, -0.15) is 0 Å². The summed E-state index contributed by atoms with van der Waals surface area (Å²) in [6.45, 7) is 8.57. The van der Waals surface area contributed by atoms with Gasteiger partial charge in [0.25, 0.3) is 0 Å². The van der Waals surface area contributed by atoms with Crippen molar-refractivity contribution in [2.75, 3.05) is 46.2 Å². The molecule has 0 bridgehead atoms. The predicted molar refractivity (Wildman–Crippen MR) is 72.8 cm³/mol. The maximum Gasteiger partial charge on any atom is 0.0701 e. The van der Waals surface area contributed by atoms with Gasteiger partial charge in [0, 0.05) is 19.8 Å². The van der Waals surface area contributed by atoms with Gasteiger partial charge in [0.1, 0.15) is 0 Å². The highest BCUT2D eigenvalue weighted by molar-refractivity contribution is 4.53. The van der Waals surface area contributed by atoms with Crippen LogP contribution in [0, 0.1) is 5.92 Å². The van der Waals surface area contributed by atoms with Crippen molar-refractivity contribution in [2.45, 2.75) is 39.5 Å². The van der Waals surface area contributed by atoms with Crippen molar-refractivity contribution in [3.63, 3.8) is 0 Å². The molecule has 0 aliphatic heterocycles. The van der Waals surface area contributed by atoms with Crippen LogP contribution in [0.5, 0.6) is 0 Å². The number of hydrogen-bond acceptors (Lipinski definition) is 4. The lowest BCUT2D eigenvalue weighted by molar-refractivity contribution is 0.0105. The second-order valence-corrected chi connectivity index (χ2v) is 4.44. The van der Waals surface area contributed by atoms with Gasteiger partial charge in [0.2, 0.25) is 0 Å². The smallest absolute Gasteiger partial charge is 0.0701 e. The highest BCUT2D eigenvalue weighted by Crippen LogP contribution is 2.06. The molecule has 0 heterocycles. The minimum atomic E-state index is 0.255. The maximum absolute atomic E-state index is 8.99. The van der Waals surface area contributed by atoms with Gasteiger partial charge in [-0.05, 0) is 18.8 Å². The standard InChI is InChI=1S/C14H30O4/c1-3-5-7-16-9-11-18-12-10-17-8-6-14(4-2)13-15/h14-15H,3-13H2,1-2H3. The van der Waals surface area contributed by atoms with Gasteiger partial charge >= 0.3 is 0 Å². The number of ether oxygens (including phenoxy) is 3. The van der Waals surface area contributed by atoms with Gasteiger partial charge in [-0.3, -0.25) is 0 Å². The molecular formula is C14H30O4. The van der Waals surface area contributed by atoms with Crippen molar-refractivity contribution in [1.82, 2.24) is 0 Å². The molecule has 4 nitrogen and oxygen atoms in total. The van der Waals surface area contributed by atoms with E-state index in [4.69, 9.17) is 19.3 Å². The molecule has 18 heavy (non-hydrogen) atoms. The highest BCUT2D eigenvalue weighted by atomic mass is 16.5. The van der Waals surface area contributed by atoms with Gasteiger partial charge in [-0.1, -0.05) is 26.7 Å². The van der Waals surface area contributed by atoms with Crippen LogP contribution in [0.4, 0.5) is 0 Å². The molecule has 0 aromatic carbocycles. The maximum atomic E-state index is 8.99. The summed E-state index contributed by atoms with van der Waals surface area (Å²) in [5, 5.41) is 8.99. The van der Waals surface area contributed by atoms with E-state index in [9.17, 15) is 0 Å². The minimum Gasteiger partial charge on any atom is -0.396 e. The molecule has 0 aliphatic rings. The van der Waals surface area contributed by atoms with Crippen LogP contribution in [-0.4, -0.2) is 51.4 Å². The molecule has 0 aromatic rings. The third-order valence-corrected chi connectivity index (χ3v) is 2.89. The summed E-state index contributed by atoms with van der Waals surface area (Å²) < 4.78 is 16.2. The van der Waals surface area contributed by atoms with Crippen LogP contribution in [0.25, 0.3) is 0 Å². The molecule has 110 valence electrons. The molecule has 0 spiro atoms. The Morgan fingerprint density at radius 1 is 0.833 bits per heavy atom. The van der Waals surface area contributed by atoms with Crippen LogP contribution in [0.15, 0.2) is 0 Å². The quantitative estimate of drug-likeness (QED) is 0.488. The molecule has 0 saturated carbocycles. The molecular weight excluding hydrogens is 232 g/mol. The molecule has 0 rings (SSSR count). The third-order valence-electron chi connectivity index (χ3n) is 2.89. The van der Waals surface area contributed by atoms with Crippen LogP contribution < -0.4 is 0 Å². The fraction of sp³-hybridized carbons (Fsp3) is 1.00. The first-order chi connectivity index (χ1) is 8.85. The van der Waals surface area contributed by atoms with Gasteiger partial charge in [-0.25, -0.2) is 0 Å². The average molecular weight is 262 g/mol. The van der Waals surface area contributed by atoms with E-state index in [2.05, 4.69) is 13.8 Å². The van der Waals surface area contributed by atoms with E-state index < -0.39 is 0 Å². The first-order valence-corrected chi connectivity index (χ1v) is 7.19. The Hall–Kier alpha value is -0.160. The van der Waals surface area contributed by atoms with E-state index in [0.29, 0.717) is 39.0 Å². The van der Waals surface area contributed by atoms with Crippen LogP contribution in [0.1, 0.15) is 39.5 Å². The SMILES string of the molecule is CCCCOCCOCCOCCC(CC)CO. The fourth-order valence-corrected chi connectivity index (χ4v) is 1.46. The largest absolute Gasteiger partial charge is 0.396 e. The zero-order valence-electron chi connectivity index (χ0n) is 12.0. The molecule has 1 N–H and O–H groups in total. The second-order valence-electron chi connectivity index (χ2n) is 4.44. The summed E-state index contributed by atoms with van der Waals surface area (Å²) in [6, 6.07) is 0. The summed E-state index contributed by atoms with van der Waals surface area (Å²) in [6.07, 6.45) is 4.21. The van der Waals surface area contributed by atoms with Crippen molar-refractivity contribution in [3.05, 3.63) is 0 Å². The lowest BCUT2D eigenvalue weighted by Gasteiger charge is -2.11. The van der Waals surface area contributed by atoms with E-state index in [1.165, 1.54) is 6.42 Å². The van der Waals surface area contributed by atoms with Gasteiger partial charge < -0.3 is 19.3 Å². The normalized spacial score (nSPS) is 12.8. The average Bonchev–Trinajstić information content (AvgIpc) is 2.40. The first-order valence-electron chi connectivity index (χ1n) is 7.19. The number of hydrogen-bond donors (Lipinski definition) is 1. The summed E-state index contributed by atoms with van der Waals surface area (Å²) >= 11 is 0. The Bertz CT molecular complexity index is 149. The summed E-state index contributed by atoms with van der Waals surface area (Å²) in [4.78, 5) is 0. The fourth-order valence-electron chi connectivity index (χ4n) is 1.46. The van der Waals surface area contributed by atoms with Crippen molar-refractivity contribution < 1.29 is 19.3 Å². The molecule has 0 amide bonds. The zero-order chi connectivity index (χ0) is 13.5. The number of unbranched alkanes of at least 4 members (excludes halogenated alkanes) is 1. The minimum absolute atomic E-state index is 0.255. The van der Waals surface area contributed by atoms with Crippen molar-refractivity contribution in [3.8, 4) is 0 Å². The Kier molecular flexibility index (Phi) is 14.8. The Morgan fingerprint density at radius 3 is 1.89 bits per heavy atom. The Morgan fingerprint density at radius 2 is 1.39 bits per heavy atom. The number of aliphatic hydroxyl groups is 1. The van der Waals surface area contributed by atoms with Crippen LogP contribution >= 0.6 is 0 Å². The van der Waals surface area contributed by atoms with Crippen LogP contribution in [0.3, 0.4) is 0 Å². The van der Waals surface area contributed by atoms with Crippen LogP contribution in [-0.2, 0) is 14.2 Å². The van der Waals surface area contributed by atoms with Gasteiger partial charge in [0.15, 0.2) is 0 Å². The van der Waals surface area contributed by atoms with Crippen molar-refractivity contribution in [2.24, 2.45) is 5.92 Å². The molecule has 0 aromatic heterocycles. The monoisotopic (exact) mass is 262 g/mol. The summed E-state index contributed by atoms with van der Waals surface area (Å²) in [5.74, 6) is 0.373. The highest BCUT2D eigenvalue weighted by Gasteiger charge is 2.03. The van der Waals surface area contributed by atoms with E-state index in [-0.39, 0.29) is 6.61 Å². The van der Waals surface area contributed by atoms with E-state index in [1.54, 1.807) is 0 Å². The number of aliphatic hydroxyl groups excluding tert-OH is 1. The second kappa shape index (κ2) is 14.9.